The largest absolute Gasteiger partial charge is 0.508 e. The Hall–Kier alpha value is -2.47. The number of phenolic OH excluding ortho intramolecular Hbond substituents is 1. The minimum Gasteiger partial charge on any atom is -0.508 e. The molecule has 0 bridgehead atoms. The van der Waals surface area contributed by atoms with Gasteiger partial charge in [-0.25, -0.2) is 0 Å². The zero-order valence-corrected chi connectivity index (χ0v) is 10.1. The summed E-state index contributed by atoms with van der Waals surface area (Å²) in [6.07, 6.45) is 0. The number of anilines is 1. The third kappa shape index (κ3) is 2.80. The zero-order valence-electron chi connectivity index (χ0n) is 10.1. The molecular formula is C15H14N2O. The molecule has 0 aliphatic heterocycles. The van der Waals surface area contributed by atoms with Crippen molar-refractivity contribution in [2.45, 2.75) is 13.5 Å². The van der Waals surface area contributed by atoms with Crippen molar-refractivity contribution in [3.63, 3.8) is 0 Å². The second kappa shape index (κ2) is 5.24. The molecule has 0 aliphatic carbocycles. The molecule has 2 aromatic rings. The van der Waals surface area contributed by atoms with Crippen LogP contribution in [0.4, 0.5) is 5.69 Å². The highest BCUT2D eigenvalue weighted by atomic mass is 16.3. The maximum Gasteiger partial charge on any atom is 0.115 e. The standard InChI is InChI=1S/C15H14N2O/c1-11-7-14(18)5-6-15(11)17-10-13-4-2-3-12(8-13)9-16/h2-8,17-18H,10H2,1H3. The van der Waals surface area contributed by atoms with Crippen LogP contribution in [0.5, 0.6) is 5.75 Å². The van der Waals surface area contributed by atoms with Gasteiger partial charge in [-0.3, -0.25) is 0 Å². The summed E-state index contributed by atoms with van der Waals surface area (Å²) in [4.78, 5) is 0. The predicted octanol–water partition coefficient (Wildman–Crippen LogP) is 3.18. The highest BCUT2D eigenvalue weighted by Gasteiger charge is 2.00. The van der Waals surface area contributed by atoms with Crippen LogP contribution in [0.15, 0.2) is 42.5 Å². The summed E-state index contributed by atoms with van der Waals surface area (Å²) in [5, 5.41) is 21.4. The summed E-state index contributed by atoms with van der Waals surface area (Å²) in [6.45, 7) is 2.59. The van der Waals surface area contributed by atoms with Gasteiger partial charge in [0.2, 0.25) is 0 Å². The first-order chi connectivity index (χ1) is 8.69. The second-order valence-corrected chi connectivity index (χ2v) is 4.16. The number of hydrogen-bond donors (Lipinski definition) is 2. The van der Waals surface area contributed by atoms with Crippen LogP contribution in [-0.4, -0.2) is 5.11 Å². The Bertz CT molecular complexity index is 600. The van der Waals surface area contributed by atoms with Gasteiger partial charge in [0.25, 0.3) is 0 Å². The molecular weight excluding hydrogens is 224 g/mol. The van der Waals surface area contributed by atoms with E-state index >= 15 is 0 Å². The number of phenols is 1. The molecule has 0 saturated heterocycles. The van der Waals surface area contributed by atoms with Crippen LogP contribution in [0.25, 0.3) is 0 Å². The van der Waals surface area contributed by atoms with E-state index in [2.05, 4.69) is 11.4 Å². The Morgan fingerprint density at radius 3 is 2.78 bits per heavy atom. The van der Waals surface area contributed by atoms with Gasteiger partial charge in [-0.2, -0.15) is 5.26 Å². The van der Waals surface area contributed by atoms with Gasteiger partial charge in [0.05, 0.1) is 11.6 Å². The molecule has 3 heteroatoms. The van der Waals surface area contributed by atoms with Crippen LogP contribution < -0.4 is 5.32 Å². The van der Waals surface area contributed by atoms with Crippen LogP contribution in [0, 0.1) is 18.3 Å². The summed E-state index contributed by atoms with van der Waals surface area (Å²) in [6, 6.07) is 14.8. The molecule has 2 rings (SSSR count). The van der Waals surface area contributed by atoms with Gasteiger partial charge in [0.1, 0.15) is 5.75 Å². The van der Waals surface area contributed by atoms with Gasteiger partial charge in [-0.05, 0) is 48.4 Å². The number of aryl methyl sites for hydroxylation is 1. The number of rotatable bonds is 3. The average Bonchev–Trinajstić information content (AvgIpc) is 2.38. The maximum absolute atomic E-state index is 9.33. The lowest BCUT2D eigenvalue weighted by Gasteiger charge is -2.10. The molecule has 0 aromatic heterocycles. The Labute approximate surface area is 106 Å². The number of nitriles is 1. The molecule has 3 nitrogen and oxygen atoms in total. The normalized spacial score (nSPS) is 9.78. The van der Waals surface area contributed by atoms with Crippen LogP contribution in [0.3, 0.4) is 0 Å². The molecule has 0 radical (unpaired) electrons. The van der Waals surface area contributed by atoms with Crippen molar-refractivity contribution in [3.8, 4) is 11.8 Å². The lowest BCUT2D eigenvalue weighted by molar-refractivity contribution is 0.475. The van der Waals surface area contributed by atoms with Gasteiger partial charge < -0.3 is 10.4 Å². The first kappa shape index (κ1) is 12.0. The molecule has 0 unspecified atom stereocenters. The molecule has 2 N–H and O–H groups in total. The van der Waals surface area contributed by atoms with E-state index in [1.807, 2.05) is 31.2 Å². The minimum atomic E-state index is 0.268. The molecule has 90 valence electrons. The molecule has 0 aliphatic rings. The van der Waals surface area contributed by atoms with E-state index < -0.39 is 0 Å². The van der Waals surface area contributed by atoms with Crippen LogP contribution in [-0.2, 0) is 6.54 Å². The number of nitrogens with one attached hydrogen (secondary N) is 1. The highest BCUT2D eigenvalue weighted by Crippen LogP contribution is 2.20. The highest BCUT2D eigenvalue weighted by molar-refractivity contribution is 5.53. The smallest absolute Gasteiger partial charge is 0.115 e. The van der Waals surface area contributed by atoms with Crippen molar-refractivity contribution in [2.24, 2.45) is 0 Å². The number of aromatic hydroxyl groups is 1. The Morgan fingerprint density at radius 2 is 2.06 bits per heavy atom. The quantitative estimate of drug-likeness (QED) is 0.807. The van der Waals surface area contributed by atoms with E-state index in [0.29, 0.717) is 12.1 Å². The fourth-order valence-electron chi connectivity index (χ4n) is 1.79. The number of nitrogens with zero attached hydrogens (tertiary/aromatic N) is 1. The van der Waals surface area contributed by atoms with Gasteiger partial charge in [-0.15, -0.1) is 0 Å². The van der Waals surface area contributed by atoms with Crippen molar-refractivity contribution >= 4 is 5.69 Å². The molecule has 18 heavy (non-hydrogen) atoms. The maximum atomic E-state index is 9.33. The summed E-state index contributed by atoms with van der Waals surface area (Å²) in [5.41, 5.74) is 3.69. The predicted molar refractivity (Wildman–Crippen MR) is 71.3 cm³/mol. The van der Waals surface area contributed by atoms with Crippen molar-refractivity contribution in [2.75, 3.05) is 5.32 Å². The molecule has 0 spiro atoms. The third-order valence-corrected chi connectivity index (χ3v) is 2.75. The van der Waals surface area contributed by atoms with Crippen LogP contribution in [0.1, 0.15) is 16.7 Å². The van der Waals surface area contributed by atoms with Crippen LogP contribution >= 0.6 is 0 Å². The fraction of sp³-hybridized carbons (Fsp3) is 0.133. The van der Waals surface area contributed by atoms with Crippen molar-refractivity contribution in [1.29, 1.82) is 5.26 Å². The SMILES string of the molecule is Cc1cc(O)ccc1NCc1cccc(C#N)c1. The Balaban J connectivity index is 2.09. The van der Waals surface area contributed by atoms with Crippen LogP contribution in [0.2, 0.25) is 0 Å². The van der Waals surface area contributed by atoms with E-state index in [1.165, 1.54) is 0 Å². The first-order valence-electron chi connectivity index (χ1n) is 5.71. The topological polar surface area (TPSA) is 56.0 Å². The Morgan fingerprint density at radius 1 is 1.22 bits per heavy atom. The fourth-order valence-corrected chi connectivity index (χ4v) is 1.79. The average molecular weight is 238 g/mol. The van der Waals surface area contributed by atoms with Crippen molar-refractivity contribution in [3.05, 3.63) is 59.2 Å². The van der Waals surface area contributed by atoms with Crippen molar-refractivity contribution in [1.82, 2.24) is 0 Å². The third-order valence-electron chi connectivity index (χ3n) is 2.75. The summed E-state index contributed by atoms with van der Waals surface area (Å²) < 4.78 is 0. The van der Waals surface area contributed by atoms with E-state index in [0.717, 1.165) is 16.8 Å². The summed E-state index contributed by atoms with van der Waals surface area (Å²) in [5.74, 6) is 0.268. The Kier molecular flexibility index (Phi) is 3.49. The van der Waals surface area contributed by atoms with Gasteiger partial charge in [-0.1, -0.05) is 12.1 Å². The van der Waals surface area contributed by atoms with E-state index in [9.17, 15) is 5.11 Å². The van der Waals surface area contributed by atoms with Crippen molar-refractivity contribution < 1.29 is 5.11 Å². The molecule has 2 aromatic carbocycles. The van der Waals surface area contributed by atoms with Gasteiger partial charge in [0.15, 0.2) is 0 Å². The van der Waals surface area contributed by atoms with E-state index in [1.54, 1.807) is 18.2 Å². The van der Waals surface area contributed by atoms with Gasteiger partial charge in [0, 0.05) is 12.2 Å². The lowest BCUT2D eigenvalue weighted by Crippen LogP contribution is -2.01. The molecule has 0 amide bonds. The molecule has 0 fully saturated rings. The van der Waals surface area contributed by atoms with E-state index in [4.69, 9.17) is 5.26 Å². The lowest BCUT2D eigenvalue weighted by atomic mass is 10.1. The van der Waals surface area contributed by atoms with Gasteiger partial charge >= 0.3 is 0 Å². The first-order valence-corrected chi connectivity index (χ1v) is 5.71. The zero-order chi connectivity index (χ0) is 13.0. The molecule has 0 atom stereocenters. The minimum absolute atomic E-state index is 0.268. The number of benzene rings is 2. The second-order valence-electron chi connectivity index (χ2n) is 4.16. The van der Waals surface area contributed by atoms with E-state index in [-0.39, 0.29) is 5.75 Å². The monoisotopic (exact) mass is 238 g/mol. The summed E-state index contributed by atoms with van der Waals surface area (Å²) in [7, 11) is 0. The number of hydrogen-bond acceptors (Lipinski definition) is 3. The molecule has 0 heterocycles. The molecule has 0 saturated carbocycles. The summed E-state index contributed by atoms with van der Waals surface area (Å²) >= 11 is 0.